The largest absolute Gasteiger partial charge is 0.491 e. The van der Waals surface area contributed by atoms with E-state index in [1.807, 2.05) is 49.9 Å². The normalized spacial score (nSPS) is 21.4. The molecule has 3 heterocycles. The molecule has 4 rings (SSSR count). The summed E-state index contributed by atoms with van der Waals surface area (Å²) < 4.78 is 7.42. The Balaban J connectivity index is 0.00000240. The number of benzene rings is 1. The van der Waals surface area contributed by atoms with E-state index < -0.39 is 0 Å². The Morgan fingerprint density at radius 3 is 2.34 bits per heavy atom. The highest BCUT2D eigenvalue weighted by Gasteiger charge is 2.32. The summed E-state index contributed by atoms with van der Waals surface area (Å²) in [6, 6.07) is 7.71. The molecule has 1 aromatic carbocycles. The average Bonchev–Trinajstić information content (AvgIpc) is 3.23. The minimum absolute atomic E-state index is 0. The smallest absolute Gasteiger partial charge is 0.276 e. The van der Waals surface area contributed by atoms with Gasteiger partial charge >= 0.3 is 0 Å². The number of hydrogen-bond donors (Lipinski definition) is 1. The number of ether oxygens (including phenoxy) is 1. The molecule has 2 aliphatic rings. The van der Waals surface area contributed by atoms with Crippen molar-refractivity contribution in [1.29, 1.82) is 0 Å². The molecule has 2 fully saturated rings. The molecule has 1 N–H and O–H groups in total. The number of nitrogens with one attached hydrogen (secondary N) is 1. The van der Waals surface area contributed by atoms with Gasteiger partial charge in [0.2, 0.25) is 0 Å². The number of rotatable bonds is 4. The van der Waals surface area contributed by atoms with Crippen molar-refractivity contribution in [1.82, 2.24) is 25.2 Å². The molecule has 0 aliphatic carbocycles. The van der Waals surface area contributed by atoms with Gasteiger partial charge in [-0.2, -0.15) is 0 Å². The van der Waals surface area contributed by atoms with Gasteiger partial charge in [0.15, 0.2) is 5.69 Å². The molecule has 1 aromatic heterocycles. The van der Waals surface area contributed by atoms with Crippen LogP contribution in [0.2, 0.25) is 0 Å². The Bertz CT molecular complexity index is 822. The van der Waals surface area contributed by atoms with Crippen LogP contribution in [0.3, 0.4) is 0 Å². The predicted octanol–water partition coefficient (Wildman–Crippen LogP) is 2.86. The lowest BCUT2D eigenvalue weighted by Crippen LogP contribution is -2.33. The summed E-state index contributed by atoms with van der Waals surface area (Å²) in [4.78, 5) is 15.0. The Hall–Kier alpha value is -2.12. The quantitative estimate of drug-likeness (QED) is 0.824. The Morgan fingerprint density at radius 1 is 1.14 bits per heavy atom. The average molecular weight is 420 g/mol. The maximum atomic E-state index is 13.1. The van der Waals surface area contributed by atoms with Crippen LogP contribution < -0.4 is 10.1 Å². The third-order valence-electron chi connectivity index (χ3n) is 5.86. The van der Waals surface area contributed by atoms with Gasteiger partial charge < -0.3 is 15.0 Å². The Labute approximate surface area is 178 Å². The van der Waals surface area contributed by atoms with Gasteiger partial charge in [-0.15, -0.1) is 17.5 Å². The van der Waals surface area contributed by atoms with Gasteiger partial charge in [0.25, 0.3) is 5.91 Å². The van der Waals surface area contributed by atoms with E-state index in [4.69, 9.17) is 4.74 Å². The van der Waals surface area contributed by atoms with Crippen LogP contribution in [0.5, 0.6) is 5.75 Å². The minimum atomic E-state index is -0.00329. The van der Waals surface area contributed by atoms with Gasteiger partial charge in [0.1, 0.15) is 5.75 Å². The highest BCUT2D eigenvalue weighted by molar-refractivity contribution is 5.93. The number of likely N-dealkylation sites (tertiary alicyclic amines) is 1. The molecule has 0 saturated carbocycles. The highest BCUT2D eigenvalue weighted by atomic mass is 35.5. The van der Waals surface area contributed by atoms with Crippen LogP contribution in [0.1, 0.15) is 42.9 Å². The van der Waals surface area contributed by atoms with Crippen molar-refractivity contribution < 1.29 is 9.53 Å². The number of nitrogens with zero attached hydrogens (tertiary/aromatic N) is 4. The summed E-state index contributed by atoms with van der Waals surface area (Å²) in [5.74, 6) is 2.20. The first-order valence-electron chi connectivity index (χ1n) is 10.2. The van der Waals surface area contributed by atoms with E-state index in [9.17, 15) is 4.79 Å². The zero-order valence-electron chi connectivity index (χ0n) is 17.3. The van der Waals surface area contributed by atoms with E-state index in [1.54, 1.807) is 4.68 Å². The number of fused-ring (bicyclic) bond motifs is 1. The van der Waals surface area contributed by atoms with Gasteiger partial charge in [0.05, 0.1) is 17.5 Å². The van der Waals surface area contributed by atoms with Crippen LogP contribution in [-0.4, -0.2) is 58.1 Å². The SMILES string of the molecule is Cc1c(C(=O)N2CC[C@@H]3CNC[C@@H]3CC2)nnn1-c1ccc(OC(C)C)cc1.Cl. The van der Waals surface area contributed by atoms with Gasteiger partial charge in [0, 0.05) is 13.1 Å². The summed E-state index contributed by atoms with van der Waals surface area (Å²) >= 11 is 0. The summed E-state index contributed by atoms with van der Waals surface area (Å²) in [5, 5.41) is 11.9. The molecule has 29 heavy (non-hydrogen) atoms. The number of amides is 1. The third-order valence-corrected chi connectivity index (χ3v) is 5.86. The van der Waals surface area contributed by atoms with E-state index in [0.717, 1.165) is 56.2 Å². The van der Waals surface area contributed by atoms with Crippen molar-refractivity contribution in [3.8, 4) is 11.4 Å². The fourth-order valence-corrected chi connectivity index (χ4v) is 4.28. The zero-order valence-corrected chi connectivity index (χ0v) is 18.1. The zero-order chi connectivity index (χ0) is 19.7. The van der Waals surface area contributed by atoms with Crippen molar-refractivity contribution in [3.05, 3.63) is 35.7 Å². The third kappa shape index (κ3) is 4.56. The second kappa shape index (κ2) is 9.13. The first kappa shape index (κ1) is 21.6. The molecular weight excluding hydrogens is 390 g/mol. The van der Waals surface area contributed by atoms with Crippen molar-refractivity contribution in [2.45, 2.75) is 39.7 Å². The minimum Gasteiger partial charge on any atom is -0.491 e. The molecule has 0 bridgehead atoms. The molecule has 7 nitrogen and oxygen atoms in total. The molecule has 2 aromatic rings. The van der Waals surface area contributed by atoms with Crippen LogP contribution in [0, 0.1) is 18.8 Å². The van der Waals surface area contributed by atoms with Gasteiger partial charge in [-0.05, 0) is 82.8 Å². The Kier molecular flexibility index (Phi) is 6.80. The molecule has 2 aliphatic heterocycles. The van der Waals surface area contributed by atoms with Crippen LogP contribution in [0.4, 0.5) is 0 Å². The second-order valence-electron chi connectivity index (χ2n) is 8.14. The molecule has 1 amide bonds. The Morgan fingerprint density at radius 2 is 1.76 bits per heavy atom. The second-order valence-corrected chi connectivity index (χ2v) is 8.14. The fourth-order valence-electron chi connectivity index (χ4n) is 4.28. The molecule has 0 unspecified atom stereocenters. The first-order chi connectivity index (χ1) is 13.5. The fraction of sp³-hybridized carbons (Fsp3) is 0.571. The summed E-state index contributed by atoms with van der Waals surface area (Å²) in [7, 11) is 0. The summed E-state index contributed by atoms with van der Waals surface area (Å²) in [5.41, 5.74) is 2.10. The van der Waals surface area contributed by atoms with Gasteiger partial charge in [-0.25, -0.2) is 4.68 Å². The maximum absolute atomic E-state index is 13.1. The molecule has 2 atom stereocenters. The van der Waals surface area contributed by atoms with E-state index in [2.05, 4.69) is 15.6 Å². The summed E-state index contributed by atoms with van der Waals surface area (Å²) in [6.45, 7) is 9.67. The number of halogens is 1. The number of carbonyl (C=O) groups is 1. The monoisotopic (exact) mass is 419 g/mol. The number of carbonyl (C=O) groups excluding carboxylic acids is 1. The molecule has 8 heteroatoms. The van der Waals surface area contributed by atoms with Gasteiger partial charge in [-0.3, -0.25) is 4.79 Å². The van der Waals surface area contributed by atoms with E-state index in [-0.39, 0.29) is 24.4 Å². The summed E-state index contributed by atoms with van der Waals surface area (Å²) in [6.07, 6.45) is 2.26. The van der Waals surface area contributed by atoms with E-state index in [1.165, 1.54) is 0 Å². The highest BCUT2D eigenvalue weighted by Crippen LogP contribution is 2.28. The van der Waals surface area contributed by atoms with Crippen LogP contribution in [-0.2, 0) is 0 Å². The van der Waals surface area contributed by atoms with Crippen molar-refractivity contribution in [2.24, 2.45) is 11.8 Å². The molecule has 2 saturated heterocycles. The molecular formula is C21H30ClN5O2. The van der Waals surface area contributed by atoms with Crippen LogP contribution >= 0.6 is 12.4 Å². The standard InChI is InChI=1S/C21H29N5O2.ClH/c1-14(2)28-19-6-4-18(5-7-19)26-15(3)20(23-24-26)21(27)25-10-8-16-12-22-13-17(16)9-11-25;/h4-7,14,16-17,22H,8-13H2,1-3H3;1H/t16-,17+;. The number of hydrogen-bond acceptors (Lipinski definition) is 5. The maximum Gasteiger partial charge on any atom is 0.276 e. The van der Waals surface area contributed by atoms with Crippen molar-refractivity contribution in [3.63, 3.8) is 0 Å². The first-order valence-corrected chi connectivity index (χ1v) is 10.2. The van der Waals surface area contributed by atoms with E-state index >= 15 is 0 Å². The lowest BCUT2D eigenvalue weighted by Gasteiger charge is -2.20. The lowest BCUT2D eigenvalue weighted by molar-refractivity contribution is 0.0751. The van der Waals surface area contributed by atoms with Crippen LogP contribution in [0.15, 0.2) is 24.3 Å². The topological polar surface area (TPSA) is 72.3 Å². The molecule has 0 spiro atoms. The van der Waals surface area contributed by atoms with Crippen LogP contribution in [0.25, 0.3) is 5.69 Å². The van der Waals surface area contributed by atoms with Crippen molar-refractivity contribution >= 4 is 18.3 Å². The van der Waals surface area contributed by atoms with Gasteiger partial charge in [-0.1, -0.05) is 5.21 Å². The number of aromatic nitrogens is 3. The lowest BCUT2D eigenvalue weighted by atomic mass is 9.92. The molecule has 0 radical (unpaired) electrons. The predicted molar refractivity (Wildman–Crippen MR) is 114 cm³/mol. The van der Waals surface area contributed by atoms with Crippen molar-refractivity contribution in [2.75, 3.05) is 26.2 Å². The van der Waals surface area contributed by atoms with E-state index in [0.29, 0.717) is 17.5 Å². The molecule has 158 valence electrons.